The normalized spacial score (nSPS) is 11.2. The lowest BCUT2D eigenvalue weighted by molar-refractivity contribution is -0.137. The number of hydrogen-bond acceptors (Lipinski definition) is 3. The molecule has 0 radical (unpaired) electrons. The van der Waals surface area contributed by atoms with E-state index in [1.54, 1.807) is 6.08 Å². The highest BCUT2D eigenvalue weighted by Crippen LogP contribution is 2.04. The standard InChI is InChI=1S/C10H16O3/c1-4-5-6-7-9(8(2)11)10(12)13-3/h7H,4-6H2,1-3H3. The van der Waals surface area contributed by atoms with Crippen LogP contribution in [0.1, 0.15) is 33.1 Å². The van der Waals surface area contributed by atoms with E-state index in [0.717, 1.165) is 19.3 Å². The molecule has 0 spiro atoms. The Hall–Kier alpha value is -1.12. The van der Waals surface area contributed by atoms with Gasteiger partial charge in [0, 0.05) is 0 Å². The monoisotopic (exact) mass is 184 g/mol. The summed E-state index contributed by atoms with van der Waals surface area (Å²) < 4.78 is 4.48. The highest BCUT2D eigenvalue weighted by atomic mass is 16.5. The van der Waals surface area contributed by atoms with E-state index in [0.29, 0.717) is 0 Å². The predicted octanol–water partition coefficient (Wildman–Crippen LogP) is 1.86. The van der Waals surface area contributed by atoms with Gasteiger partial charge in [0.25, 0.3) is 0 Å². The number of ketones is 1. The Labute approximate surface area is 78.8 Å². The molecular weight excluding hydrogens is 168 g/mol. The van der Waals surface area contributed by atoms with Crippen LogP contribution in [0.15, 0.2) is 11.6 Å². The van der Waals surface area contributed by atoms with Gasteiger partial charge in [-0.25, -0.2) is 4.79 Å². The summed E-state index contributed by atoms with van der Waals surface area (Å²) in [7, 11) is 1.28. The molecule has 0 aromatic heterocycles. The van der Waals surface area contributed by atoms with Crippen LogP contribution in [-0.2, 0) is 14.3 Å². The molecule has 0 N–H and O–H groups in total. The maximum atomic E-state index is 11.0. The van der Waals surface area contributed by atoms with Crippen LogP contribution in [0.5, 0.6) is 0 Å². The summed E-state index contributed by atoms with van der Waals surface area (Å²) in [4.78, 5) is 22.0. The average Bonchev–Trinajstić information content (AvgIpc) is 2.11. The van der Waals surface area contributed by atoms with Gasteiger partial charge >= 0.3 is 5.97 Å². The van der Waals surface area contributed by atoms with E-state index in [2.05, 4.69) is 11.7 Å². The molecule has 0 aliphatic heterocycles. The maximum absolute atomic E-state index is 11.0. The van der Waals surface area contributed by atoms with E-state index in [9.17, 15) is 9.59 Å². The van der Waals surface area contributed by atoms with Crippen LogP contribution in [-0.4, -0.2) is 18.9 Å². The van der Waals surface area contributed by atoms with Gasteiger partial charge in [-0.2, -0.15) is 0 Å². The number of unbranched alkanes of at least 4 members (excludes halogenated alkanes) is 2. The second-order valence-corrected chi connectivity index (χ2v) is 2.81. The van der Waals surface area contributed by atoms with E-state index in [1.807, 2.05) is 0 Å². The fraction of sp³-hybridized carbons (Fsp3) is 0.600. The maximum Gasteiger partial charge on any atom is 0.341 e. The molecule has 0 aromatic rings. The summed E-state index contributed by atoms with van der Waals surface area (Å²) in [5.74, 6) is -0.772. The van der Waals surface area contributed by atoms with Gasteiger partial charge in [0.2, 0.25) is 0 Å². The second-order valence-electron chi connectivity index (χ2n) is 2.81. The highest BCUT2D eigenvalue weighted by Gasteiger charge is 2.13. The van der Waals surface area contributed by atoms with E-state index in [1.165, 1.54) is 14.0 Å². The summed E-state index contributed by atoms with van der Waals surface area (Å²) >= 11 is 0. The van der Waals surface area contributed by atoms with Crippen molar-refractivity contribution in [3.05, 3.63) is 11.6 Å². The van der Waals surface area contributed by atoms with Crippen molar-refractivity contribution >= 4 is 11.8 Å². The van der Waals surface area contributed by atoms with Crippen LogP contribution in [0.3, 0.4) is 0 Å². The Morgan fingerprint density at radius 1 is 1.38 bits per heavy atom. The van der Waals surface area contributed by atoms with Crippen molar-refractivity contribution in [2.45, 2.75) is 33.1 Å². The largest absolute Gasteiger partial charge is 0.465 e. The molecule has 0 unspecified atom stereocenters. The third-order valence-electron chi connectivity index (χ3n) is 1.69. The van der Waals surface area contributed by atoms with Gasteiger partial charge in [0.15, 0.2) is 5.78 Å². The van der Waals surface area contributed by atoms with E-state index >= 15 is 0 Å². The van der Waals surface area contributed by atoms with Crippen molar-refractivity contribution in [1.82, 2.24) is 0 Å². The summed E-state index contributed by atoms with van der Waals surface area (Å²) in [6.45, 7) is 3.42. The van der Waals surface area contributed by atoms with Crippen LogP contribution < -0.4 is 0 Å². The first-order valence-electron chi connectivity index (χ1n) is 4.42. The number of Topliss-reactive ketones (excluding diaryl/α,β-unsaturated/α-hetero) is 1. The van der Waals surface area contributed by atoms with Crippen LogP contribution >= 0.6 is 0 Å². The number of carbonyl (C=O) groups excluding carboxylic acids is 2. The zero-order valence-corrected chi connectivity index (χ0v) is 8.42. The lowest BCUT2D eigenvalue weighted by atomic mass is 10.1. The Morgan fingerprint density at radius 2 is 2.00 bits per heavy atom. The van der Waals surface area contributed by atoms with Gasteiger partial charge in [-0.3, -0.25) is 4.79 Å². The van der Waals surface area contributed by atoms with Crippen LogP contribution in [0.2, 0.25) is 0 Å². The first kappa shape index (κ1) is 11.9. The molecule has 0 aliphatic carbocycles. The zero-order valence-electron chi connectivity index (χ0n) is 8.42. The lowest BCUT2D eigenvalue weighted by Crippen LogP contribution is -2.11. The van der Waals surface area contributed by atoms with Crippen molar-refractivity contribution < 1.29 is 14.3 Å². The Balaban J connectivity index is 4.32. The minimum atomic E-state index is -0.538. The van der Waals surface area contributed by atoms with Gasteiger partial charge in [-0.1, -0.05) is 25.8 Å². The molecule has 3 nitrogen and oxygen atoms in total. The lowest BCUT2D eigenvalue weighted by Gasteiger charge is -2.00. The number of allylic oxidation sites excluding steroid dienone is 1. The molecule has 3 heteroatoms. The van der Waals surface area contributed by atoms with E-state index in [-0.39, 0.29) is 11.4 Å². The highest BCUT2D eigenvalue weighted by molar-refractivity contribution is 6.16. The number of carbonyl (C=O) groups is 2. The Bertz CT molecular complexity index is 216. The molecule has 13 heavy (non-hydrogen) atoms. The molecule has 0 aliphatic rings. The Kier molecular flexibility index (Phi) is 5.85. The quantitative estimate of drug-likeness (QED) is 0.215. The first-order valence-corrected chi connectivity index (χ1v) is 4.42. The minimum absolute atomic E-state index is 0.163. The topological polar surface area (TPSA) is 43.4 Å². The van der Waals surface area contributed by atoms with Crippen LogP contribution in [0.4, 0.5) is 0 Å². The third kappa shape index (κ3) is 4.45. The molecule has 0 saturated carbocycles. The SMILES string of the molecule is CCCCC=C(C(C)=O)C(=O)OC. The average molecular weight is 184 g/mol. The molecule has 0 atom stereocenters. The van der Waals surface area contributed by atoms with Gasteiger partial charge in [-0.05, 0) is 13.3 Å². The third-order valence-corrected chi connectivity index (χ3v) is 1.69. The molecule has 0 amide bonds. The van der Waals surface area contributed by atoms with Crippen molar-refractivity contribution in [2.75, 3.05) is 7.11 Å². The summed E-state index contributed by atoms with van der Waals surface area (Å²) in [6, 6.07) is 0. The Morgan fingerprint density at radius 3 is 2.38 bits per heavy atom. The molecule has 0 aromatic carbocycles. The van der Waals surface area contributed by atoms with Gasteiger partial charge < -0.3 is 4.74 Å². The number of hydrogen-bond donors (Lipinski definition) is 0. The second kappa shape index (κ2) is 6.40. The fourth-order valence-corrected chi connectivity index (χ4v) is 0.931. The minimum Gasteiger partial charge on any atom is -0.465 e. The molecule has 0 rings (SSSR count). The smallest absolute Gasteiger partial charge is 0.341 e. The summed E-state index contributed by atoms with van der Waals surface area (Å²) in [5.41, 5.74) is 0.163. The summed E-state index contributed by atoms with van der Waals surface area (Å²) in [5, 5.41) is 0. The van der Waals surface area contributed by atoms with Crippen molar-refractivity contribution in [3.63, 3.8) is 0 Å². The number of methoxy groups -OCH3 is 1. The number of ether oxygens (including phenoxy) is 1. The number of rotatable bonds is 5. The molecule has 0 fully saturated rings. The fourth-order valence-electron chi connectivity index (χ4n) is 0.931. The first-order chi connectivity index (χ1) is 6.13. The van der Waals surface area contributed by atoms with E-state index < -0.39 is 5.97 Å². The van der Waals surface area contributed by atoms with Crippen molar-refractivity contribution in [1.29, 1.82) is 0 Å². The molecule has 0 bridgehead atoms. The molecule has 0 saturated heterocycles. The molecular formula is C10H16O3. The van der Waals surface area contributed by atoms with Gasteiger partial charge in [0.05, 0.1) is 12.7 Å². The van der Waals surface area contributed by atoms with Crippen LogP contribution in [0, 0.1) is 0 Å². The van der Waals surface area contributed by atoms with Crippen molar-refractivity contribution in [2.24, 2.45) is 0 Å². The number of esters is 1. The predicted molar refractivity (Wildman–Crippen MR) is 50.3 cm³/mol. The zero-order chi connectivity index (χ0) is 10.3. The molecule has 74 valence electrons. The van der Waals surface area contributed by atoms with Gasteiger partial charge in [-0.15, -0.1) is 0 Å². The van der Waals surface area contributed by atoms with Gasteiger partial charge in [0.1, 0.15) is 0 Å². The van der Waals surface area contributed by atoms with E-state index in [4.69, 9.17) is 0 Å². The summed E-state index contributed by atoms with van der Waals surface area (Å²) in [6.07, 6.45) is 4.43. The van der Waals surface area contributed by atoms with Crippen molar-refractivity contribution in [3.8, 4) is 0 Å². The van der Waals surface area contributed by atoms with Crippen LogP contribution in [0.25, 0.3) is 0 Å². The molecule has 0 heterocycles.